The van der Waals surface area contributed by atoms with E-state index in [4.69, 9.17) is 14.2 Å². The van der Waals surface area contributed by atoms with Crippen molar-refractivity contribution in [3.63, 3.8) is 0 Å². The summed E-state index contributed by atoms with van der Waals surface area (Å²) in [7, 11) is 0. The Bertz CT molecular complexity index is 600. The van der Waals surface area contributed by atoms with Crippen molar-refractivity contribution in [2.75, 3.05) is 13.2 Å². The summed E-state index contributed by atoms with van der Waals surface area (Å²) in [4.78, 5) is 12.1. The second-order valence-corrected chi connectivity index (χ2v) is 6.36. The van der Waals surface area contributed by atoms with E-state index in [0.717, 1.165) is 25.7 Å². The molecule has 1 aromatic rings. The van der Waals surface area contributed by atoms with Gasteiger partial charge in [-0.2, -0.15) is 0 Å². The number of hydrogen-bond acceptors (Lipinski definition) is 6. The van der Waals surface area contributed by atoms with Gasteiger partial charge in [-0.05, 0) is 39.0 Å². The SMILES string of the molecule is CC(=O)c1c(OC2CCCCO2)cc(O)c(C2CCCCO2)c1O. The van der Waals surface area contributed by atoms with Gasteiger partial charge in [0.1, 0.15) is 22.8 Å². The molecule has 2 heterocycles. The lowest BCUT2D eigenvalue weighted by Gasteiger charge is -2.27. The number of ketones is 1. The number of carbonyl (C=O) groups excluding carboxylic acids is 1. The van der Waals surface area contributed by atoms with Crippen LogP contribution in [0.3, 0.4) is 0 Å². The fourth-order valence-corrected chi connectivity index (χ4v) is 3.31. The summed E-state index contributed by atoms with van der Waals surface area (Å²) in [5, 5.41) is 21.0. The van der Waals surface area contributed by atoms with Crippen molar-refractivity contribution in [1.82, 2.24) is 0 Å². The Kier molecular flexibility index (Phi) is 5.26. The standard InChI is InChI=1S/C18H24O6/c1-11(19)16-14(24-15-7-3-5-9-23-15)10-12(20)17(18(16)21)13-6-2-4-8-22-13/h10,13,15,20-21H,2-9H2,1H3. The molecule has 2 atom stereocenters. The molecule has 3 rings (SSSR count). The van der Waals surface area contributed by atoms with E-state index in [1.807, 2.05) is 0 Å². The second-order valence-electron chi connectivity index (χ2n) is 6.36. The van der Waals surface area contributed by atoms with Gasteiger partial charge in [-0.1, -0.05) is 0 Å². The van der Waals surface area contributed by atoms with Crippen molar-refractivity contribution in [3.05, 3.63) is 17.2 Å². The predicted molar refractivity (Wildman–Crippen MR) is 86.5 cm³/mol. The number of phenols is 2. The van der Waals surface area contributed by atoms with Crippen LogP contribution in [0, 0.1) is 0 Å². The highest BCUT2D eigenvalue weighted by Gasteiger charge is 2.29. The molecule has 0 aliphatic carbocycles. The molecule has 2 fully saturated rings. The smallest absolute Gasteiger partial charge is 0.199 e. The first kappa shape index (κ1) is 17.0. The lowest BCUT2D eigenvalue weighted by Crippen LogP contribution is -2.25. The van der Waals surface area contributed by atoms with Crippen LogP contribution in [0.25, 0.3) is 0 Å². The number of phenolic OH excluding ortho intramolecular Hbond substituents is 2. The summed E-state index contributed by atoms with van der Waals surface area (Å²) < 4.78 is 16.9. The van der Waals surface area contributed by atoms with Crippen LogP contribution >= 0.6 is 0 Å². The molecule has 2 saturated heterocycles. The molecule has 0 aromatic heterocycles. The molecular formula is C18H24O6. The lowest BCUT2D eigenvalue weighted by atomic mass is 9.95. The summed E-state index contributed by atoms with van der Waals surface area (Å²) in [5.74, 6) is -0.533. The van der Waals surface area contributed by atoms with Crippen molar-refractivity contribution in [2.24, 2.45) is 0 Å². The van der Waals surface area contributed by atoms with Crippen LogP contribution in [0.2, 0.25) is 0 Å². The van der Waals surface area contributed by atoms with E-state index in [1.54, 1.807) is 0 Å². The van der Waals surface area contributed by atoms with Crippen molar-refractivity contribution in [3.8, 4) is 17.2 Å². The number of carbonyl (C=O) groups is 1. The number of benzene rings is 1. The van der Waals surface area contributed by atoms with Crippen molar-refractivity contribution in [1.29, 1.82) is 0 Å². The Morgan fingerprint density at radius 1 is 1.12 bits per heavy atom. The third-order valence-electron chi connectivity index (χ3n) is 4.53. The largest absolute Gasteiger partial charge is 0.507 e. The summed E-state index contributed by atoms with van der Waals surface area (Å²) >= 11 is 0. The van der Waals surface area contributed by atoms with E-state index in [1.165, 1.54) is 13.0 Å². The number of rotatable bonds is 4. The van der Waals surface area contributed by atoms with E-state index in [9.17, 15) is 15.0 Å². The maximum Gasteiger partial charge on any atom is 0.199 e. The Morgan fingerprint density at radius 3 is 2.42 bits per heavy atom. The molecule has 2 aliphatic heterocycles. The molecule has 1 aromatic carbocycles. The Hall–Kier alpha value is -1.79. The van der Waals surface area contributed by atoms with Crippen LogP contribution in [0.5, 0.6) is 17.2 Å². The van der Waals surface area contributed by atoms with E-state index < -0.39 is 12.4 Å². The van der Waals surface area contributed by atoms with Crippen LogP contribution < -0.4 is 4.74 Å². The maximum absolute atomic E-state index is 12.1. The highest BCUT2D eigenvalue weighted by atomic mass is 16.7. The summed E-state index contributed by atoms with van der Waals surface area (Å²) in [6, 6.07) is 1.39. The quantitative estimate of drug-likeness (QED) is 0.819. The zero-order valence-electron chi connectivity index (χ0n) is 13.9. The zero-order valence-corrected chi connectivity index (χ0v) is 13.9. The molecular weight excluding hydrogens is 312 g/mol. The number of ether oxygens (including phenoxy) is 3. The van der Waals surface area contributed by atoms with Gasteiger partial charge >= 0.3 is 0 Å². The van der Waals surface area contributed by atoms with Gasteiger partial charge in [0.05, 0.1) is 18.3 Å². The van der Waals surface area contributed by atoms with Crippen LogP contribution in [-0.2, 0) is 9.47 Å². The monoisotopic (exact) mass is 336 g/mol. The van der Waals surface area contributed by atoms with Gasteiger partial charge in [-0.25, -0.2) is 0 Å². The zero-order chi connectivity index (χ0) is 17.1. The number of hydrogen-bond donors (Lipinski definition) is 2. The minimum absolute atomic E-state index is 0.0751. The van der Waals surface area contributed by atoms with Crippen LogP contribution in [0.15, 0.2) is 6.07 Å². The van der Waals surface area contributed by atoms with Crippen molar-refractivity contribution < 1.29 is 29.2 Å². The molecule has 0 bridgehead atoms. The molecule has 2 unspecified atom stereocenters. The van der Waals surface area contributed by atoms with Crippen LogP contribution in [0.1, 0.15) is 67.5 Å². The normalized spacial score (nSPS) is 24.5. The average molecular weight is 336 g/mol. The van der Waals surface area contributed by atoms with Crippen molar-refractivity contribution >= 4 is 5.78 Å². The summed E-state index contributed by atoms with van der Waals surface area (Å²) in [5.41, 5.74) is 0.350. The maximum atomic E-state index is 12.1. The van der Waals surface area contributed by atoms with Gasteiger partial charge in [0.2, 0.25) is 0 Å². The number of Topliss-reactive ketones (excluding diaryl/α,β-unsaturated/α-hetero) is 1. The average Bonchev–Trinajstić information content (AvgIpc) is 2.56. The predicted octanol–water partition coefficient (Wildman–Crippen LogP) is 3.45. The molecule has 132 valence electrons. The third-order valence-corrected chi connectivity index (χ3v) is 4.53. The minimum atomic E-state index is -0.465. The van der Waals surface area contributed by atoms with Crippen molar-refractivity contribution in [2.45, 2.75) is 57.8 Å². The highest BCUT2D eigenvalue weighted by Crippen LogP contribution is 2.45. The van der Waals surface area contributed by atoms with E-state index in [0.29, 0.717) is 26.1 Å². The lowest BCUT2D eigenvalue weighted by molar-refractivity contribution is -0.106. The number of aromatic hydroxyl groups is 2. The molecule has 24 heavy (non-hydrogen) atoms. The molecule has 0 saturated carbocycles. The first-order chi connectivity index (χ1) is 11.6. The van der Waals surface area contributed by atoms with Gasteiger partial charge in [0.15, 0.2) is 12.1 Å². The minimum Gasteiger partial charge on any atom is -0.507 e. The van der Waals surface area contributed by atoms with Gasteiger partial charge < -0.3 is 24.4 Å². The van der Waals surface area contributed by atoms with Crippen LogP contribution in [0.4, 0.5) is 0 Å². The van der Waals surface area contributed by atoms with Gasteiger partial charge in [0.25, 0.3) is 0 Å². The fraction of sp³-hybridized carbons (Fsp3) is 0.611. The molecule has 2 aliphatic rings. The van der Waals surface area contributed by atoms with Gasteiger partial charge in [-0.3, -0.25) is 4.79 Å². The molecule has 0 spiro atoms. The second kappa shape index (κ2) is 7.40. The Labute approximate surface area is 141 Å². The van der Waals surface area contributed by atoms with E-state index in [-0.39, 0.29) is 34.2 Å². The Morgan fingerprint density at radius 2 is 1.83 bits per heavy atom. The van der Waals surface area contributed by atoms with Gasteiger partial charge in [-0.15, -0.1) is 0 Å². The first-order valence-corrected chi connectivity index (χ1v) is 8.57. The molecule has 6 nitrogen and oxygen atoms in total. The topological polar surface area (TPSA) is 85.2 Å². The van der Waals surface area contributed by atoms with E-state index in [2.05, 4.69) is 0 Å². The third kappa shape index (κ3) is 3.49. The Balaban J connectivity index is 1.95. The van der Waals surface area contributed by atoms with E-state index >= 15 is 0 Å². The molecule has 0 radical (unpaired) electrons. The van der Waals surface area contributed by atoms with Crippen LogP contribution in [-0.4, -0.2) is 35.5 Å². The fourth-order valence-electron chi connectivity index (χ4n) is 3.31. The molecule has 2 N–H and O–H groups in total. The molecule has 0 amide bonds. The highest BCUT2D eigenvalue weighted by molar-refractivity contribution is 6.00. The summed E-state index contributed by atoms with van der Waals surface area (Å²) in [6.07, 6.45) is 4.41. The summed E-state index contributed by atoms with van der Waals surface area (Å²) in [6.45, 7) is 2.55. The first-order valence-electron chi connectivity index (χ1n) is 8.57. The van der Waals surface area contributed by atoms with Gasteiger partial charge in [0, 0.05) is 19.1 Å². The molecule has 6 heteroatoms.